The first-order chi connectivity index (χ1) is 14.3. The van der Waals surface area contributed by atoms with Crippen molar-refractivity contribution in [2.45, 2.75) is 26.7 Å². The minimum absolute atomic E-state index is 0.00114. The van der Waals surface area contributed by atoms with Crippen molar-refractivity contribution in [3.05, 3.63) is 50.9 Å². The molecule has 0 atom stereocenters. The molecule has 0 radical (unpaired) electrons. The third-order valence-electron chi connectivity index (χ3n) is 4.50. The molecule has 1 aromatic carbocycles. The number of carbonyl (C=O) groups excluding carboxylic acids is 2. The summed E-state index contributed by atoms with van der Waals surface area (Å²) in [5.41, 5.74) is 1.85. The minimum atomic E-state index is -0.572. The van der Waals surface area contributed by atoms with E-state index in [-0.39, 0.29) is 18.4 Å². The summed E-state index contributed by atoms with van der Waals surface area (Å²) < 4.78 is 15.3. The molecule has 1 heterocycles. The lowest BCUT2D eigenvalue weighted by Crippen LogP contribution is -2.21. The largest absolute Gasteiger partial charge is 0.497 e. The molecule has 0 saturated carbocycles. The summed E-state index contributed by atoms with van der Waals surface area (Å²) in [5, 5.41) is 11.7. The van der Waals surface area contributed by atoms with Crippen LogP contribution in [0.5, 0.6) is 11.5 Å². The van der Waals surface area contributed by atoms with Gasteiger partial charge in [0.25, 0.3) is 11.5 Å². The number of nitriles is 1. The molecule has 0 aliphatic heterocycles. The number of hydrogen-bond acceptors (Lipinski definition) is 7. The maximum Gasteiger partial charge on any atom is 0.306 e. The molecule has 1 aromatic heterocycles. The van der Waals surface area contributed by atoms with Crippen LogP contribution in [0.25, 0.3) is 0 Å². The second-order valence-corrected chi connectivity index (χ2v) is 6.48. The highest BCUT2D eigenvalue weighted by atomic mass is 16.5. The number of methoxy groups -OCH3 is 2. The van der Waals surface area contributed by atoms with E-state index in [1.54, 1.807) is 32.0 Å². The molecule has 2 aromatic rings. The average Bonchev–Trinajstić information content (AvgIpc) is 2.71. The maximum absolute atomic E-state index is 12.1. The summed E-state index contributed by atoms with van der Waals surface area (Å²) in [6, 6.07) is 6.74. The zero-order valence-electron chi connectivity index (χ0n) is 17.3. The Balaban J connectivity index is 1.92. The van der Waals surface area contributed by atoms with Crippen molar-refractivity contribution >= 4 is 17.6 Å². The zero-order chi connectivity index (χ0) is 22.3. The number of H-pyrrole nitrogens is 1. The summed E-state index contributed by atoms with van der Waals surface area (Å²) in [6.07, 6.45) is 0.273. The Morgan fingerprint density at radius 3 is 2.33 bits per heavy atom. The summed E-state index contributed by atoms with van der Waals surface area (Å²) in [5.74, 6) is -0.0752. The molecule has 9 heteroatoms. The van der Waals surface area contributed by atoms with Gasteiger partial charge in [-0.25, -0.2) is 0 Å². The quantitative estimate of drug-likeness (QED) is 0.633. The third-order valence-corrected chi connectivity index (χ3v) is 4.50. The van der Waals surface area contributed by atoms with Gasteiger partial charge in [0.1, 0.15) is 23.1 Å². The number of nitrogens with one attached hydrogen (secondary N) is 2. The number of rotatable bonds is 8. The first-order valence-corrected chi connectivity index (χ1v) is 9.10. The molecule has 9 nitrogen and oxygen atoms in total. The molecule has 0 aliphatic carbocycles. The molecule has 1 amide bonds. The number of amides is 1. The second kappa shape index (κ2) is 10.1. The number of benzene rings is 1. The van der Waals surface area contributed by atoms with Crippen LogP contribution in [0.15, 0.2) is 23.0 Å². The molecule has 0 aliphatic rings. The number of hydrogen-bond donors (Lipinski definition) is 2. The van der Waals surface area contributed by atoms with Crippen molar-refractivity contribution in [2.75, 3.05) is 26.1 Å². The summed E-state index contributed by atoms with van der Waals surface area (Å²) in [7, 11) is 2.99. The number of ether oxygens (including phenoxy) is 3. The van der Waals surface area contributed by atoms with Gasteiger partial charge in [-0.3, -0.25) is 14.4 Å². The number of nitrogens with zero attached hydrogens (tertiary/aromatic N) is 1. The van der Waals surface area contributed by atoms with Gasteiger partial charge in [-0.2, -0.15) is 5.26 Å². The van der Waals surface area contributed by atoms with Crippen LogP contribution in [0, 0.1) is 25.2 Å². The molecule has 0 saturated heterocycles. The SMILES string of the molecule is COc1cc(NC(=O)COC(=O)CCc2c(C)[nH]c(=O)c(C#N)c2C)cc(OC)c1. The number of carbonyl (C=O) groups is 2. The Morgan fingerprint density at radius 2 is 1.77 bits per heavy atom. The van der Waals surface area contributed by atoms with Gasteiger partial charge < -0.3 is 24.5 Å². The molecule has 2 N–H and O–H groups in total. The number of esters is 1. The van der Waals surface area contributed by atoms with Gasteiger partial charge in [0, 0.05) is 36.0 Å². The van der Waals surface area contributed by atoms with Crippen LogP contribution in [-0.4, -0.2) is 37.7 Å². The minimum Gasteiger partial charge on any atom is -0.497 e. The topological polar surface area (TPSA) is 131 Å². The highest BCUT2D eigenvalue weighted by Crippen LogP contribution is 2.25. The third kappa shape index (κ3) is 5.61. The number of aromatic amines is 1. The van der Waals surface area contributed by atoms with Gasteiger partial charge in [-0.05, 0) is 31.4 Å². The van der Waals surface area contributed by atoms with E-state index in [1.165, 1.54) is 14.2 Å². The zero-order valence-corrected chi connectivity index (χ0v) is 17.3. The molecule has 0 bridgehead atoms. The van der Waals surface area contributed by atoms with Crippen molar-refractivity contribution in [3.63, 3.8) is 0 Å². The van der Waals surface area contributed by atoms with Crippen LogP contribution < -0.4 is 20.3 Å². The van der Waals surface area contributed by atoms with E-state index < -0.39 is 24.0 Å². The lowest BCUT2D eigenvalue weighted by atomic mass is 9.99. The van der Waals surface area contributed by atoms with Crippen LogP contribution in [-0.2, 0) is 20.7 Å². The van der Waals surface area contributed by atoms with E-state index >= 15 is 0 Å². The Bertz CT molecular complexity index is 1030. The lowest BCUT2D eigenvalue weighted by molar-refractivity contribution is -0.147. The van der Waals surface area contributed by atoms with Crippen LogP contribution in [0.4, 0.5) is 5.69 Å². The second-order valence-electron chi connectivity index (χ2n) is 6.48. The molecular formula is C21H23N3O6. The van der Waals surface area contributed by atoms with E-state index in [2.05, 4.69) is 10.3 Å². The van der Waals surface area contributed by atoms with E-state index in [9.17, 15) is 14.4 Å². The van der Waals surface area contributed by atoms with Crippen LogP contribution >= 0.6 is 0 Å². The molecule has 30 heavy (non-hydrogen) atoms. The van der Waals surface area contributed by atoms with E-state index in [1.807, 2.05) is 6.07 Å². The average molecular weight is 413 g/mol. The molecular weight excluding hydrogens is 390 g/mol. The van der Waals surface area contributed by atoms with Gasteiger partial charge in [-0.1, -0.05) is 0 Å². The van der Waals surface area contributed by atoms with Gasteiger partial charge in [0.2, 0.25) is 0 Å². The first-order valence-electron chi connectivity index (χ1n) is 9.10. The van der Waals surface area contributed by atoms with Gasteiger partial charge in [-0.15, -0.1) is 0 Å². The Morgan fingerprint density at radius 1 is 1.13 bits per heavy atom. The maximum atomic E-state index is 12.1. The Hall–Kier alpha value is -3.80. The van der Waals surface area contributed by atoms with E-state index in [0.717, 1.165) is 0 Å². The Labute approximate surface area is 173 Å². The van der Waals surface area contributed by atoms with Gasteiger partial charge in [0.05, 0.1) is 14.2 Å². The number of aryl methyl sites for hydroxylation is 1. The van der Waals surface area contributed by atoms with Crippen LogP contribution in [0.1, 0.15) is 28.8 Å². The predicted octanol–water partition coefficient (Wildman–Crippen LogP) is 2.00. The Kier molecular flexibility index (Phi) is 7.58. The number of pyridine rings is 1. The van der Waals surface area contributed by atoms with E-state index in [0.29, 0.717) is 34.0 Å². The van der Waals surface area contributed by atoms with Crippen molar-refractivity contribution in [1.29, 1.82) is 5.26 Å². The highest BCUT2D eigenvalue weighted by Gasteiger charge is 2.15. The summed E-state index contributed by atoms with van der Waals surface area (Å²) >= 11 is 0. The van der Waals surface area contributed by atoms with Crippen LogP contribution in [0.3, 0.4) is 0 Å². The summed E-state index contributed by atoms with van der Waals surface area (Å²) in [6.45, 7) is 2.91. The lowest BCUT2D eigenvalue weighted by Gasteiger charge is -2.11. The highest BCUT2D eigenvalue weighted by molar-refractivity contribution is 5.93. The van der Waals surface area contributed by atoms with Crippen molar-refractivity contribution in [2.24, 2.45) is 0 Å². The fraction of sp³-hybridized carbons (Fsp3) is 0.333. The number of aromatic nitrogens is 1. The fourth-order valence-electron chi connectivity index (χ4n) is 2.94. The van der Waals surface area contributed by atoms with Crippen LogP contribution in [0.2, 0.25) is 0 Å². The first kappa shape index (κ1) is 22.5. The fourth-order valence-corrected chi connectivity index (χ4v) is 2.94. The normalized spacial score (nSPS) is 10.1. The smallest absolute Gasteiger partial charge is 0.306 e. The monoisotopic (exact) mass is 413 g/mol. The van der Waals surface area contributed by atoms with Crippen molar-refractivity contribution < 1.29 is 23.8 Å². The van der Waals surface area contributed by atoms with Crippen molar-refractivity contribution in [3.8, 4) is 17.6 Å². The van der Waals surface area contributed by atoms with Gasteiger partial charge >= 0.3 is 5.97 Å². The summed E-state index contributed by atoms with van der Waals surface area (Å²) in [4.78, 5) is 38.5. The molecule has 0 spiro atoms. The van der Waals surface area contributed by atoms with Crippen molar-refractivity contribution in [1.82, 2.24) is 4.98 Å². The van der Waals surface area contributed by atoms with Gasteiger partial charge in [0.15, 0.2) is 6.61 Å². The molecule has 2 rings (SSSR count). The van der Waals surface area contributed by atoms with E-state index in [4.69, 9.17) is 19.5 Å². The molecule has 0 unspecified atom stereocenters. The predicted molar refractivity (Wildman–Crippen MR) is 109 cm³/mol. The molecule has 0 fully saturated rings. The molecule has 158 valence electrons. The standard InChI is InChI=1S/C21H23N3O6/c1-12-17(13(2)23-21(27)18(12)10-22)5-6-20(26)30-11-19(25)24-14-7-15(28-3)9-16(8-14)29-4/h7-9H,5-6,11H2,1-4H3,(H,23,27)(H,24,25). The number of anilines is 1.